The van der Waals surface area contributed by atoms with Gasteiger partial charge in [-0.25, -0.2) is 8.78 Å². The van der Waals surface area contributed by atoms with Crippen molar-refractivity contribution in [2.24, 2.45) is 0 Å². The van der Waals surface area contributed by atoms with Crippen LogP contribution in [0, 0.1) is 11.6 Å². The number of benzene rings is 3. The van der Waals surface area contributed by atoms with Crippen molar-refractivity contribution in [2.75, 3.05) is 12.4 Å². The molecule has 5 nitrogen and oxygen atoms in total. The van der Waals surface area contributed by atoms with E-state index in [0.29, 0.717) is 16.8 Å². The van der Waals surface area contributed by atoms with Gasteiger partial charge in [0.2, 0.25) is 5.91 Å². The maximum atomic E-state index is 13.5. The molecule has 0 aliphatic heterocycles. The van der Waals surface area contributed by atoms with E-state index >= 15 is 0 Å². The third-order valence-electron chi connectivity index (χ3n) is 5.62. The van der Waals surface area contributed by atoms with Gasteiger partial charge < -0.3 is 14.6 Å². The van der Waals surface area contributed by atoms with Crippen LogP contribution in [0.25, 0.3) is 11.0 Å². The molecule has 0 aliphatic rings. The first-order valence-corrected chi connectivity index (χ1v) is 10.4. The predicted octanol–water partition coefficient (Wildman–Crippen LogP) is 5.73. The highest BCUT2D eigenvalue weighted by Gasteiger charge is 2.19. The molecule has 0 bridgehead atoms. The molecule has 1 atom stereocenters. The van der Waals surface area contributed by atoms with E-state index in [0.717, 1.165) is 23.1 Å². The Morgan fingerprint density at radius 1 is 0.970 bits per heavy atom. The minimum absolute atomic E-state index is 0.127. The molecule has 0 saturated heterocycles. The molecule has 1 unspecified atom stereocenters. The number of halogens is 2. The lowest BCUT2D eigenvalue weighted by Gasteiger charge is -2.25. The van der Waals surface area contributed by atoms with Gasteiger partial charge >= 0.3 is 0 Å². The molecule has 0 spiro atoms. The summed E-state index contributed by atoms with van der Waals surface area (Å²) in [5.74, 6) is -2.20. The third kappa shape index (κ3) is 4.92. The molecule has 0 aliphatic carbocycles. The number of rotatable bonds is 6. The maximum Gasteiger partial charge on any atom is 0.291 e. The Morgan fingerprint density at radius 2 is 1.70 bits per heavy atom. The summed E-state index contributed by atoms with van der Waals surface area (Å²) < 4.78 is 32.3. The topological polar surface area (TPSA) is 62.6 Å². The molecule has 1 heterocycles. The van der Waals surface area contributed by atoms with E-state index in [1.54, 1.807) is 50.4 Å². The lowest BCUT2D eigenvalue weighted by atomic mass is 10.1. The Balaban J connectivity index is 1.37. The van der Waals surface area contributed by atoms with Gasteiger partial charge in [-0.3, -0.25) is 9.59 Å². The van der Waals surface area contributed by atoms with Gasteiger partial charge in [-0.1, -0.05) is 36.4 Å². The van der Waals surface area contributed by atoms with E-state index in [9.17, 15) is 18.4 Å². The van der Waals surface area contributed by atoms with Crippen molar-refractivity contribution in [3.05, 3.63) is 101 Å². The molecule has 0 radical (unpaired) electrons. The zero-order chi connectivity index (χ0) is 23.5. The van der Waals surface area contributed by atoms with E-state index in [4.69, 9.17) is 4.42 Å². The fourth-order valence-electron chi connectivity index (χ4n) is 3.50. The number of carbonyl (C=O) groups excluding carboxylic acids is 2. The molecule has 4 rings (SSSR count). The Hall–Kier alpha value is -4.00. The lowest BCUT2D eigenvalue weighted by molar-refractivity contribution is -0.131. The van der Waals surface area contributed by atoms with Crippen molar-refractivity contribution in [3.63, 3.8) is 0 Å². The zero-order valence-electron chi connectivity index (χ0n) is 18.1. The van der Waals surface area contributed by atoms with Crippen LogP contribution >= 0.6 is 0 Å². The van der Waals surface area contributed by atoms with Gasteiger partial charge in [0.25, 0.3) is 5.91 Å². The standard InChI is InChI=1S/C26H22F2N2O3/c1-16(18-9-12-21(27)22(28)14-18)30(2)25(31)13-17-7-10-20(11-8-17)29-26(32)24-15-19-5-3-4-6-23(19)33-24/h3-12,14-16H,13H2,1-2H3,(H,29,32). The van der Waals surface area contributed by atoms with Gasteiger partial charge in [-0.15, -0.1) is 0 Å². The van der Waals surface area contributed by atoms with Gasteiger partial charge in [0, 0.05) is 18.1 Å². The van der Waals surface area contributed by atoms with Crippen LogP contribution in [0.3, 0.4) is 0 Å². The summed E-state index contributed by atoms with van der Waals surface area (Å²) in [6.45, 7) is 1.75. The first kappa shape index (κ1) is 22.2. The van der Waals surface area contributed by atoms with Gasteiger partial charge in [-0.2, -0.15) is 0 Å². The van der Waals surface area contributed by atoms with Crippen molar-refractivity contribution >= 4 is 28.5 Å². The second-order valence-corrected chi connectivity index (χ2v) is 7.83. The van der Waals surface area contributed by atoms with E-state index in [1.807, 2.05) is 18.2 Å². The van der Waals surface area contributed by atoms with E-state index in [-0.39, 0.29) is 24.0 Å². The largest absolute Gasteiger partial charge is 0.451 e. The molecule has 4 aromatic rings. The number of fused-ring (bicyclic) bond motifs is 1. The van der Waals surface area contributed by atoms with Crippen LogP contribution in [-0.2, 0) is 11.2 Å². The minimum atomic E-state index is -0.944. The van der Waals surface area contributed by atoms with Crippen molar-refractivity contribution in [3.8, 4) is 0 Å². The highest BCUT2D eigenvalue weighted by atomic mass is 19.2. The fourth-order valence-corrected chi connectivity index (χ4v) is 3.50. The van der Waals surface area contributed by atoms with Crippen LogP contribution in [0.1, 0.15) is 34.6 Å². The molecule has 168 valence electrons. The molecule has 33 heavy (non-hydrogen) atoms. The van der Waals surface area contributed by atoms with Crippen molar-refractivity contribution in [1.82, 2.24) is 4.90 Å². The fraction of sp³-hybridized carbons (Fsp3) is 0.154. The summed E-state index contributed by atoms with van der Waals surface area (Å²) in [6, 6.07) is 19.2. The number of likely N-dealkylation sites (N-methyl/N-ethyl adjacent to an activating group) is 1. The van der Waals surface area contributed by atoms with Crippen molar-refractivity contribution < 1.29 is 22.8 Å². The summed E-state index contributed by atoms with van der Waals surface area (Å²) in [5.41, 5.74) is 2.47. The number of furan rings is 1. The monoisotopic (exact) mass is 448 g/mol. The second-order valence-electron chi connectivity index (χ2n) is 7.83. The van der Waals surface area contributed by atoms with Crippen LogP contribution in [0.15, 0.2) is 77.2 Å². The molecule has 1 aromatic heterocycles. The van der Waals surface area contributed by atoms with Crippen LogP contribution in [0.2, 0.25) is 0 Å². The van der Waals surface area contributed by atoms with Crippen LogP contribution in [-0.4, -0.2) is 23.8 Å². The van der Waals surface area contributed by atoms with Crippen molar-refractivity contribution in [2.45, 2.75) is 19.4 Å². The molecular weight excluding hydrogens is 426 g/mol. The molecule has 0 saturated carbocycles. The zero-order valence-corrected chi connectivity index (χ0v) is 18.1. The number of hydrogen-bond donors (Lipinski definition) is 1. The molecule has 7 heteroatoms. The van der Waals surface area contributed by atoms with Gasteiger partial charge in [0.05, 0.1) is 12.5 Å². The van der Waals surface area contributed by atoms with E-state index in [1.165, 1.54) is 11.0 Å². The molecule has 0 fully saturated rings. The molecule has 1 N–H and O–H groups in total. The quantitative estimate of drug-likeness (QED) is 0.410. The van der Waals surface area contributed by atoms with E-state index < -0.39 is 17.7 Å². The Bertz CT molecular complexity index is 1280. The lowest BCUT2D eigenvalue weighted by Crippen LogP contribution is -2.31. The number of amides is 2. The molecule has 3 aromatic carbocycles. The number of nitrogens with zero attached hydrogens (tertiary/aromatic N) is 1. The number of para-hydroxylation sites is 1. The predicted molar refractivity (Wildman–Crippen MR) is 122 cm³/mol. The van der Waals surface area contributed by atoms with Gasteiger partial charge in [-0.05, 0) is 54.4 Å². The maximum absolute atomic E-state index is 13.5. The highest BCUT2D eigenvalue weighted by Crippen LogP contribution is 2.23. The van der Waals surface area contributed by atoms with Crippen LogP contribution in [0.5, 0.6) is 0 Å². The Labute approximate surface area is 189 Å². The number of carbonyl (C=O) groups is 2. The van der Waals surface area contributed by atoms with Crippen molar-refractivity contribution in [1.29, 1.82) is 0 Å². The summed E-state index contributed by atoms with van der Waals surface area (Å²) in [7, 11) is 1.62. The molecular formula is C26H22F2N2O3. The Kier molecular flexibility index (Phi) is 6.22. The smallest absolute Gasteiger partial charge is 0.291 e. The van der Waals surface area contributed by atoms with Gasteiger partial charge in [0.1, 0.15) is 5.58 Å². The Morgan fingerprint density at radius 3 is 2.39 bits per heavy atom. The van der Waals surface area contributed by atoms with Gasteiger partial charge in [0.15, 0.2) is 17.4 Å². The second kappa shape index (κ2) is 9.24. The highest BCUT2D eigenvalue weighted by molar-refractivity contribution is 6.04. The van der Waals surface area contributed by atoms with E-state index in [2.05, 4.69) is 5.32 Å². The number of hydrogen-bond acceptors (Lipinski definition) is 3. The molecule has 2 amide bonds. The number of nitrogens with one attached hydrogen (secondary N) is 1. The third-order valence-corrected chi connectivity index (χ3v) is 5.62. The number of anilines is 1. The van der Waals surface area contributed by atoms with Crippen LogP contribution < -0.4 is 5.32 Å². The summed E-state index contributed by atoms with van der Waals surface area (Å²) in [4.78, 5) is 26.7. The summed E-state index contributed by atoms with van der Waals surface area (Å²) in [6.07, 6.45) is 0.127. The first-order chi connectivity index (χ1) is 15.8. The average molecular weight is 448 g/mol. The minimum Gasteiger partial charge on any atom is -0.451 e. The average Bonchev–Trinajstić information content (AvgIpc) is 3.26. The SMILES string of the molecule is CC(c1ccc(F)c(F)c1)N(C)C(=O)Cc1ccc(NC(=O)c2cc3ccccc3o2)cc1. The summed E-state index contributed by atoms with van der Waals surface area (Å²) in [5, 5.41) is 3.62. The van der Waals surface area contributed by atoms with Crippen LogP contribution in [0.4, 0.5) is 14.5 Å². The summed E-state index contributed by atoms with van der Waals surface area (Å²) >= 11 is 0. The first-order valence-electron chi connectivity index (χ1n) is 10.4. The normalized spacial score (nSPS) is 11.9.